The van der Waals surface area contributed by atoms with Crippen LogP contribution < -0.4 is 5.32 Å². The van der Waals surface area contributed by atoms with Gasteiger partial charge in [-0.25, -0.2) is 0 Å². The monoisotopic (exact) mass is 359 g/mol. The van der Waals surface area contributed by atoms with Crippen LogP contribution in [0.25, 0.3) is 0 Å². The third kappa shape index (κ3) is 2.99. The first-order valence-corrected chi connectivity index (χ1v) is 11.1. The summed E-state index contributed by atoms with van der Waals surface area (Å²) in [4.78, 5) is 23.9. The predicted molar refractivity (Wildman–Crippen MR) is 88.8 cm³/mol. The average Bonchev–Trinajstić information content (AvgIpc) is 3.21. The van der Waals surface area contributed by atoms with Gasteiger partial charge < -0.3 is 13.3 Å². The normalized spacial score (nSPS) is 35.7. The molecule has 5 unspecified atom stereocenters. The van der Waals surface area contributed by atoms with Crippen molar-refractivity contribution in [3.63, 3.8) is 0 Å². The van der Waals surface area contributed by atoms with Crippen molar-refractivity contribution >= 4 is 32.4 Å². The summed E-state index contributed by atoms with van der Waals surface area (Å²) in [6.45, 7) is 0. The van der Waals surface area contributed by atoms with E-state index in [9.17, 15) is 9.59 Å². The highest BCUT2D eigenvalue weighted by Crippen LogP contribution is 2.57. The molecule has 3 fully saturated rings. The number of fused-ring (bicyclic) bond motifs is 5. The molecule has 8 heteroatoms. The molecular weight excluding hydrogens is 334 g/mol. The molecule has 2 aliphatic carbocycles. The first-order chi connectivity index (χ1) is 11.0. The van der Waals surface area contributed by atoms with Gasteiger partial charge in [0.15, 0.2) is 0 Å². The van der Waals surface area contributed by atoms with Gasteiger partial charge in [0.05, 0.1) is 11.8 Å². The lowest BCUT2D eigenvalue weighted by atomic mass is 9.81. The second-order valence-electron chi connectivity index (χ2n) is 6.61. The lowest BCUT2D eigenvalue weighted by Crippen LogP contribution is -2.42. The summed E-state index contributed by atoms with van der Waals surface area (Å²) in [6.07, 6.45) is 3.08. The third-order valence-electron chi connectivity index (χ3n) is 5.69. The zero-order valence-corrected chi connectivity index (χ0v) is 15.7. The lowest BCUT2D eigenvalue weighted by Gasteiger charge is -2.28. The summed E-state index contributed by atoms with van der Waals surface area (Å²) >= 11 is 1.94. The van der Waals surface area contributed by atoms with Gasteiger partial charge in [0.2, 0.25) is 11.8 Å². The lowest BCUT2D eigenvalue weighted by molar-refractivity contribution is -0.126. The zero-order chi connectivity index (χ0) is 16.6. The molecule has 23 heavy (non-hydrogen) atoms. The summed E-state index contributed by atoms with van der Waals surface area (Å²) in [5.74, 6) is 1.60. The van der Waals surface area contributed by atoms with E-state index in [-0.39, 0.29) is 23.7 Å². The van der Waals surface area contributed by atoms with Crippen molar-refractivity contribution < 1.29 is 22.9 Å². The van der Waals surface area contributed by atoms with Crippen LogP contribution in [-0.2, 0) is 22.9 Å². The summed E-state index contributed by atoms with van der Waals surface area (Å²) in [6, 6.07) is 0.801. The van der Waals surface area contributed by atoms with Crippen molar-refractivity contribution in [1.82, 2.24) is 5.32 Å². The van der Waals surface area contributed by atoms with Crippen LogP contribution in [0.1, 0.15) is 19.3 Å². The van der Waals surface area contributed by atoms with Crippen LogP contribution in [0.3, 0.4) is 0 Å². The zero-order valence-electron chi connectivity index (χ0n) is 13.9. The topological polar surface area (TPSA) is 73.9 Å². The molecule has 6 nitrogen and oxygen atoms in total. The average molecular weight is 360 g/mol. The maximum absolute atomic E-state index is 12.0. The van der Waals surface area contributed by atoms with E-state index in [1.807, 2.05) is 11.8 Å². The van der Waals surface area contributed by atoms with Crippen LogP contribution in [-0.4, -0.2) is 53.0 Å². The van der Waals surface area contributed by atoms with E-state index in [2.05, 4.69) is 5.32 Å². The van der Waals surface area contributed by atoms with E-state index in [0.717, 1.165) is 31.1 Å². The highest BCUT2D eigenvalue weighted by molar-refractivity contribution is 7.99. The third-order valence-corrected chi connectivity index (χ3v) is 10.0. The summed E-state index contributed by atoms with van der Waals surface area (Å²) in [5, 5.41) is 3.02. The molecule has 1 saturated heterocycles. The fourth-order valence-electron chi connectivity index (χ4n) is 4.60. The SMILES string of the molecule is CO[Si](CCCSC1CC2CC1C1C(=O)NC(=O)C21)(OC)OC. The van der Waals surface area contributed by atoms with Crippen LogP contribution in [0.5, 0.6) is 0 Å². The molecule has 1 N–H and O–H groups in total. The number of imide groups is 1. The fraction of sp³-hybridized carbons (Fsp3) is 0.867. The largest absolute Gasteiger partial charge is 0.500 e. The Morgan fingerprint density at radius 2 is 1.74 bits per heavy atom. The number of hydrogen-bond donors (Lipinski definition) is 1. The van der Waals surface area contributed by atoms with E-state index in [1.54, 1.807) is 21.3 Å². The molecule has 130 valence electrons. The Balaban J connectivity index is 1.48. The van der Waals surface area contributed by atoms with Crippen molar-refractivity contribution in [3.05, 3.63) is 0 Å². The van der Waals surface area contributed by atoms with Crippen LogP contribution in [0.4, 0.5) is 0 Å². The number of carbonyl (C=O) groups is 2. The van der Waals surface area contributed by atoms with E-state index >= 15 is 0 Å². The van der Waals surface area contributed by atoms with Crippen LogP contribution in [0.2, 0.25) is 6.04 Å². The minimum atomic E-state index is -2.47. The quantitative estimate of drug-likeness (QED) is 0.400. The molecule has 3 aliphatic rings. The highest BCUT2D eigenvalue weighted by Gasteiger charge is 2.61. The first kappa shape index (κ1) is 17.4. The minimum absolute atomic E-state index is 0.0352. The molecule has 1 aliphatic heterocycles. The fourth-order valence-corrected chi connectivity index (χ4v) is 8.10. The van der Waals surface area contributed by atoms with Gasteiger partial charge in [0.25, 0.3) is 0 Å². The number of thioether (sulfide) groups is 1. The van der Waals surface area contributed by atoms with E-state index in [4.69, 9.17) is 13.3 Å². The Labute approximate surface area is 142 Å². The molecule has 2 bridgehead atoms. The van der Waals surface area contributed by atoms with Gasteiger partial charge in [-0.05, 0) is 36.9 Å². The minimum Gasteiger partial charge on any atom is -0.377 e. The van der Waals surface area contributed by atoms with Crippen molar-refractivity contribution in [1.29, 1.82) is 0 Å². The Bertz CT molecular complexity index is 478. The molecule has 0 spiro atoms. The van der Waals surface area contributed by atoms with Gasteiger partial charge in [0, 0.05) is 32.6 Å². The van der Waals surface area contributed by atoms with Crippen molar-refractivity contribution in [3.8, 4) is 0 Å². The first-order valence-electron chi connectivity index (χ1n) is 8.17. The summed E-state index contributed by atoms with van der Waals surface area (Å²) < 4.78 is 16.3. The second-order valence-corrected chi connectivity index (χ2v) is 11.0. The molecule has 0 aromatic heterocycles. The molecular formula is C15H25NO5SSi. The van der Waals surface area contributed by atoms with Gasteiger partial charge in [-0.3, -0.25) is 14.9 Å². The number of carbonyl (C=O) groups excluding carboxylic acids is 2. The molecule has 5 atom stereocenters. The Kier molecular flexibility index (Phi) is 5.17. The van der Waals surface area contributed by atoms with Crippen LogP contribution in [0, 0.1) is 23.7 Å². The second kappa shape index (κ2) is 6.83. The van der Waals surface area contributed by atoms with Gasteiger partial charge in [-0.2, -0.15) is 11.8 Å². The number of rotatable bonds is 8. The van der Waals surface area contributed by atoms with E-state index < -0.39 is 8.80 Å². The van der Waals surface area contributed by atoms with Crippen LogP contribution in [0.15, 0.2) is 0 Å². The van der Waals surface area contributed by atoms with E-state index in [0.29, 0.717) is 17.1 Å². The molecule has 0 radical (unpaired) electrons. The Morgan fingerprint density at radius 1 is 1.09 bits per heavy atom. The van der Waals surface area contributed by atoms with Gasteiger partial charge in [0.1, 0.15) is 0 Å². The highest BCUT2D eigenvalue weighted by atomic mass is 32.2. The number of amides is 2. The maximum Gasteiger partial charge on any atom is 0.500 e. The van der Waals surface area contributed by atoms with E-state index in [1.165, 1.54) is 0 Å². The van der Waals surface area contributed by atoms with Crippen molar-refractivity contribution in [2.24, 2.45) is 23.7 Å². The van der Waals surface area contributed by atoms with Crippen molar-refractivity contribution in [2.75, 3.05) is 27.1 Å². The standard InChI is InChI=1S/C15H25NO5SSi/c1-19-23(20-2,21-3)6-4-5-22-11-8-9-7-10(11)13-12(9)14(17)16-15(13)18/h9-13H,4-8H2,1-3H3,(H,16,17,18). The molecule has 3 rings (SSSR count). The summed E-state index contributed by atoms with van der Waals surface area (Å²) in [5.41, 5.74) is 0. The number of hydrogen-bond acceptors (Lipinski definition) is 6. The smallest absolute Gasteiger partial charge is 0.377 e. The maximum atomic E-state index is 12.0. The Morgan fingerprint density at radius 3 is 2.39 bits per heavy atom. The van der Waals surface area contributed by atoms with Gasteiger partial charge in [-0.15, -0.1) is 0 Å². The predicted octanol–water partition coefficient (Wildman–Crippen LogP) is 1.28. The molecule has 0 aromatic carbocycles. The molecule has 0 aromatic rings. The Hall–Kier alpha value is -0.413. The van der Waals surface area contributed by atoms with Gasteiger partial charge in [-0.1, -0.05) is 0 Å². The molecule has 1 heterocycles. The molecule has 2 amide bonds. The van der Waals surface area contributed by atoms with Gasteiger partial charge >= 0.3 is 8.80 Å². The summed E-state index contributed by atoms with van der Waals surface area (Å²) in [7, 11) is 2.44. The van der Waals surface area contributed by atoms with Crippen molar-refractivity contribution in [2.45, 2.75) is 30.6 Å². The molecule has 2 saturated carbocycles. The number of nitrogens with one attached hydrogen (secondary N) is 1. The van der Waals surface area contributed by atoms with Crippen LogP contribution >= 0.6 is 11.8 Å².